The number of carbonyl (C=O) groups is 1. The van der Waals surface area contributed by atoms with Crippen molar-refractivity contribution in [3.8, 4) is 0 Å². The van der Waals surface area contributed by atoms with Gasteiger partial charge in [-0.1, -0.05) is 13.8 Å². The van der Waals surface area contributed by atoms with Crippen LogP contribution < -0.4 is 16.4 Å². The van der Waals surface area contributed by atoms with Gasteiger partial charge in [0.25, 0.3) is 0 Å². The lowest BCUT2D eigenvalue weighted by atomic mass is 9.93. The average Bonchev–Trinajstić information content (AvgIpc) is 2.16. The van der Waals surface area contributed by atoms with Gasteiger partial charge in [-0.15, -0.1) is 0 Å². The highest BCUT2D eigenvalue weighted by molar-refractivity contribution is 5.77. The SMILES string of the molecule is CCC1CC(=O)NC(C(C)(N)CC)N1. The molecule has 1 heterocycles. The maximum atomic E-state index is 11.4. The quantitative estimate of drug-likeness (QED) is 0.613. The molecule has 0 saturated carbocycles. The molecule has 1 fully saturated rings. The van der Waals surface area contributed by atoms with Crippen molar-refractivity contribution in [2.45, 2.75) is 57.8 Å². The number of nitrogens with two attached hydrogens (primary N) is 1. The molecule has 0 aliphatic carbocycles. The van der Waals surface area contributed by atoms with E-state index in [-0.39, 0.29) is 23.7 Å². The van der Waals surface area contributed by atoms with Crippen LogP contribution >= 0.6 is 0 Å². The van der Waals surface area contributed by atoms with E-state index < -0.39 is 0 Å². The lowest BCUT2D eigenvalue weighted by Crippen LogP contribution is -2.68. The smallest absolute Gasteiger partial charge is 0.222 e. The van der Waals surface area contributed by atoms with Gasteiger partial charge in [0.05, 0.1) is 6.17 Å². The van der Waals surface area contributed by atoms with Crippen LogP contribution in [-0.2, 0) is 4.79 Å². The fourth-order valence-corrected chi connectivity index (χ4v) is 1.60. The first kappa shape index (κ1) is 11.5. The minimum atomic E-state index is -0.372. The highest BCUT2D eigenvalue weighted by atomic mass is 16.2. The van der Waals surface area contributed by atoms with Crippen LogP contribution in [0.5, 0.6) is 0 Å². The third kappa shape index (κ3) is 2.45. The van der Waals surface area contributed by atoms with Crippen molar-refractivity contribution in [3.05, 3.63) is 0 Å². The van der Waals surface area contributed by atoms with Crippen molar-refractivity contribution < 1.29 is 4.79 Å². The van der Waals surface area contributed by atoms with E-state index in [9.17, 15) is 4.79 Å². The van der Waals surface area contributed by atoms with Crippen LogP contribution in [0.2, 0.25) is 0 Å². The summed E-state index contributed by atoms with van der Waals surface area (Å²) in [5.41, 5.74) is 5.72. The molecule has 3 atom stereocenters. The van der Waals surface area contributed by atoms with Gasteiger partial charge in [-0.25, -0.2) is 0 Å². The zero-order valence-electron chi connectivity index (χ0n) is 9.26. The second-order valence-corrected chi connectivity index (χ2v) is 4.34. The molecule has 1 saturated heterocycles. The van der Waals surface area contributed by atoms with Gasteiger partial charge in [0.1, 0.15) is 0 Å². The van der Waals surface area contributed by atoms with Gasteiger partial charge in [-0.05, 0) is 19.8 Å². The molecule has 4 nitrogen and oxygen atoms in total. The van der Waals surface area contributed by atoms with Crippen molar-refractivity contribution in [1.29, 1.82) is 0 Å². The van der Waals surface area contributed by atoms with Crippen molar-refractivity contribution in [3.63, 3.8) is 0 Å². The Bertz CT molecular complexity index is 215. The maximum Gasteiger partial charge on any atom is 0.222 e. The molecule has 1 aliphatic rings. The summed E-state index contributed by atoms with van der Waals surface area (Å²) in [5.74, 6) is 0.103. The van der Waals surface area contributed by atoms with Gasteiger partial charge in [-0.3, -0.25) is 10.1 Å². The van der Waals surface area contributed by atoms with E-state index in [0.717, 1.165) is 12.8 Å². The van der Waals surface area contributed by atoms with E-state index in [1.165, 1.54) is 0 Å². The van der Waals surface area contributed by atoms with Crippen LogP contribution in [0.1, 0.15) is 40.0 Å². The first-order valence-corrected chi connectivity index (χ1v) is 5.34. The Morgan fingerprint density at radius 3 is 2.71 bits per heavy atom. The standard InChI is InChI=1S/C10H21N3O/c1-4-7-6-8(14)13-9(12-7)10(3,11)5-2/h7,9,12H,4-6,11H2,1-3H3,(H,13,14). The molecule has 14 heavy (non-hydrogen) atoms. The first-order chi connectivity index (χ1) is 6.49. The van der Waals surface area contributed by atoms with Crippen LogP contribution in [0.15, 0.2) is 0 Å². The van der Waals surface area contributed by atoms with Crippen molar-refractivity contribution >= 4 is 5.91 Å². The summed E-state index contributed by atoms with van der Waals surface area (Å²) in [6.07, 6.45) is 2.26. The minimum Gasteiger partial charge on any atom is -0.339 e. The van der Waals surface area contributed by atoms with Gasteiger partial charge in [0.2, 0.25) is 5.91 Å². The van der Waals surface area contributed by atoms with Gasteiger partial charge in [-0.2, -0.15) is 0 Å². The van der Waals surface area contributed by atoms with Crippen molar-refractivity contribution in [2.24, 2.45) is 5.73 Å². The zero-order chi connectivity index (χ0) is 10.8. The molecule has 82 valence electrons. The third-order valence-corrected chi connectivity index (χ3v) is 3.05. The molecule has 1 rings (SSSR count). The Balaban J connectivity index is 2.66. The molecule has 1 aliphatic heterocycles. The Morgan fingerprint density at radius 2 is 2.21 bits per heavy atom. The Hall–Kier alpha value is -0.610. The van der Waals surface area contributed by atoms with E-state index in [1.54, 1.807) is 0 Å². The van der Waals surface area contributed by atoms with E-state index in [2.05, 4.69) is 17.6 Å². The summed E-state index contributed by atoms with van der Waals surface area (Å²) >= 11 is 0. The summed E-state index contributed by atoms with van der Waals surface area (Å²) in [4.78, 5) is 11.4. The molecule has 0 aromatic rings. The fraction of sp³-hybridized carbons (Fsp3) is 0.900. The van der Waals surface area contributed by atoms with Crippen LogP contribution in [0.25, 0.3) is 0 Å². The molecular weight excluding hydrogens is 178 g/mol. The van der Waals surface area contributed by atoms with E-state index in [1.807, 2.05) is 13.8 Å². The second kappa shape index (κ2) is 4.28. The Labute approximate surface area is 85.6 Å². The largest absolute Gasteiger partial charge is 0.339 e. The number of hydrogen-bond donors (Lipinski definition) is 3. The fourth-order valence-electron chi connectivity index (χ4n) is 1.60. The molecule has 1 amide bonds. The topological polar surface area (TPSA) is 67.2 Å². The summed E-state index contributed by atoms with van der Waals surface area (Å²) < 4.78 is 0. The summed E-state index contributed by atoms with van der Waals surface area (Å²) in [7, 11) is 0. The first-order valence-electron chi connectivity index (χ1n) is 5.34. The van der Waals surface area contributed by atoms with Crippen LogP contribution in [0.3, 0.4) is 0 Å². The highest BCUT2D eigenvalue weighted by Crippen LogP contribution is 2.14. The van der Waals surface area contributed by atoms with Crippen molar-refractivity contribution in [1.82, 2.24) is 10.6 Å². The Kier molecular flexibility index (Phi) is 3.50. The molecule has 0 spiro atoms. The van der Waals surface area contributed by atoms with Crippen LogP contribution in [-0.4, -0.2) is 23.7 Å². The van der Waals surface area contributed by atoms with Gasteiger partial charge in [0, 0.05) is 18.0 Å². The van der Waals surface area contributed by atoms with Gasteiger partial charge in [0.15, 0.2) is 0 Å². The number of hydrogen-bond acceptors (Lipinski definition) is 3. The number of rotatable bonds is 3. The van der Waals surface area contributed by atoms with Crippen molar-refractivity contribution in [2.75, 3.05) is 0 Å². The summed E-state index contributed by atoms with van der Waals surface area (Å²) in [6, 6.07) is 0.267. The molecule has 0 bridgehead atoms. The number of amides is 1. The third-order valence-electron chi connectivity index (χ3n) is 3.05. The summed E-state index contributed by atoms with van der Waals surface area (Å²) in [6.45, 7) is 6.07. The molecule has 4 heteroatoms. The zero-order valence-corrected chi connectivity index (χ0v) is 9.26. The molecular formula is C10H21N3O. The van der Waals surface area contributed by atoms with Crippen LogP contribution in [0, 0.1) is 0 Å². The molecule has 0 aromatic carbocycles. The second-order valence-electron chi connectivity index (χ2n) is 4.34. The Morgan fingerprint density at radius 1 is 1.57 bits per heavy atom. The van der Waals surface area contributed by atoms with E-state index in [0.29, 0.717) is 6.42 Å². The van der Waals surface area contributed by atoms with E-state index >= 15 is 0 Å². The summed E-state index contributed by atoms with van der Waals surface area (Å²) in [5, 5.41) is 6.26. The highest BCUT2D eigenvalue weighted by Gasteiger charge is 2.34. The number of nitrogens with one attached hydrogen (secondary N) is 2. The van der Waals surface area contributed by atoms with Gasteiger partial charge >= 0.3 is 0 Å². The molecule has 4 N–H and O–H groups in total. The molecule has 3 unspecified atom stereocenters. The monoisotopic (exact) mass is 199 g/mol. The number of carbonyl (C=O) groups excluding carboxylic acids is 1. The maximum absolute atomic E-state index is 11.4. The average molecular weight is 199 g/mol. The minimum absolute atomic E-state index is 0.0984. The molecule has 0 aromatic heterocycles. The molecule has 0 radical (unpaired) electrons. The predicted molar refractivity (Wildman–Crippen MR) is 56.6 cm³/mol. The van der Waals surface area contributed by atoms with E-state index in [4.69, 9.17) is 5.73 Å². The van der Waals surface area contributed by atoms with Gasteiger partial charge < -0.3 is 11.1 Å². The normalized spacial score (nSPS) is 32.1. The van der Waals surface area contributed by atoms with Crippen LogP contribution in [0.4, 0.5) is 0 Å². The predicted octanol–water partition coefficient (Wildman–Crippen LogP) is 0.328. The lowest BCUT2D eigenvalue weighted by molar-refractivity contribution is -0.125. The lowest BCUT2D eigenvalue weighted by Gasteiger charge is -2.40.